The van der Waals surface area contributed by atoms with E-state index >= 15 is 0 Å². The van der Waals surface area contributed by atoms with E-state index in [1.54, 1.807) is 13.1 Å². The SMILES string of the molecule is CN1CCC(CC(F)(F)F)=Nc2cc(Cl)c(Cl)cc21. The van der Waals surface area contributed by atoms with E-state index in [1.807, 2.05) is 4.90 Å². The van der Waals surface area contributed by atoms with E-state index in [4.69, 9.17) is 23.2 Å². The van der Waals surface area contributed by atoms with Crippen molar-refractivity contribution in [2.24, 2.45) is 4.99 Å². The molecule has 0 fully saturated rings. The molecule has 0 saturated heterocycles. The number of halogens is 5. The Hall–Kier alpha value is -0.940. The third-order valence-electron chi connectivity index (χ3n) is 2.85. The minimum absolute atomic E-state index is 0.108. The van der Waals surface area contributed by atoms with Gasteiger partial charge in [-0.15, -0.1) is 0 Å². The minimum Gasteiger partial charge on any atom is -0.372 e. The molecule has 0 saturated carbocycles. The van der Waals surface area contributed by atoms with Gasteiger partial charge in [0.2, 0.25) is 0 Å². The van der Waals surface area contributed by atoms with Crippen LogP contribution in [-0.4, -0.2) is 25.5 Å². The number of hydrogen-bond donors (Lipinski definition) is 0. The number of benzene rings is 1. The predicted molar refractivity (Wildman–Crippen MR) is 72.1 cm³/mol. The molecule has 1 aromatic rings. The molecule has 0 spiro atoms. The average molecular weight is 311 g/mol. The van der Waals surface area contributed by atoms with Crippen molar-refractivity contribution in [2.45, 2.75) is 19.0 Å². The van der Waals surface area contributed by atoms with Crippen LogP contribution in [0.2, 0.25) is 10.0 Å². The Labute approximate surface area is 118 Å². The first-order valence-corrected chi connectivity index (χ1v) is 6.35. The minimum atomic E-state index is -4.25. The molecule has 104 valence electrons. The van der Waals surface area contributed by atoms with Crippen LogP contribution >= 0.6 is 23.2 Å². The van der Waals surface area contributed by atoms with Gasteiger partial charge < -0.3 is 4.90 Å². The third kappa shape index (κ3) is 3.54. The van der Waals surface area contributed by atoms with Crippen LogP contribution in [0.1, 0.15) is 12.8 Å². The molecule has 2 nitrogen and oxygen atoms in total. The summed E-state index contributed by atoms with van der Waals surface area (Å²) >= 11 is 11.8. The van der Waals surface area contributed by atoms with Gasteiger partial charge >= 0.3 is 6.18 Å². The second kappa shape index (κ2) is 5.21. The van der Waals surface area contributed by atoms with Gasteiger partial charge in [-0.2, -0.15) is 13.2 Å². The van der Waals surface area contributed by atoms with E-state index in [-0.39, 0.29) is 17.2 Å². The van der Waals surface area contributed by atoms with Gasteiger partial charge in [-0.3, -0.25) is 4.99 Å². The first-order valence-electron chi connectivity index (χ1n) is 5.59. The monoisotopic (exact) mass is 310 g/mol. The van der Waals surface area contributed by atoms with Crippen LogP contribution in [-0.2, 0) is 0 Å². The summed E-state index contributed by atoms with van der Waals surface area (Å²) in [4.78, 5) is 5.91. The standard InChI is InChI=1S/C12H11Cl2F3N2/c1-19-3-2-7(6-12(15,16)17)18-10-4-8(13)9(14)5-11(10)19/h4-5H,2-3,6H2,1H3. The lowest BCUT2D eigenvalue weighted by Crippen LogP contribution is -2.21. The van der Waals surface area contributed by atoms with E-state index in [0.717, 1.165) is 0 Å². The number of aliphatic imine (C=N–C) groups is 1. The summed E-state index contributed by atoms with van der Waals surface area (Å²) < 4.78 is 37.3. The van der Waals surface area contributed by atoms with Crippen LogP contribution in [0.25, 0.3) is 0 Å². The molecular formula is C12H11Cl2F3N2. The number of rotatable bonds is 1. The molecule has 2 rings (SSSR count). The molecule has 0 radical (unpaired) electrons. The molecule has 7 heteroatoms. The Morgan fingerprint density at radius 2 is 1.89 bits per heavy atom. The summed E-state index contributed by atoms with van der Waals surface area (Å²) in [5, 5.41) is 0.646. The number of nitrogens with zero attached hydrogens (tertiary/aromatic N) is 2. The average Bonchev–Trinajstić information content (AvgIpc) is 2.40. The maximum Gasteiger partial charge on any atom is 0.394 e. The van der Waals surface area contributed by atoms with Crippen molar-refractivity contribution >= 4 is 40.3 Å². The summed E-state index contributed by atoms with van der Waals surface area (Å²) in [5.74, 6) is 0. The fourth-order valence-corrected chi connectivity index (χ4v) is 2.24. The Kier molecular flexibility index (Phi) is 3.97. The molecule has 1 heterocycles. The van der Waals surface area contributed by atoms with Crippen molar-refractivity contribution in [3.63, 3.8) is 0 Å². The fraction of sp³-hybridized carbons (Fsp3) is 0.417. The van der Waals surface area contributed by atoms with Crippen molar-refractivity contribution in [3.05, 3.63) is 22.2 Å². The van der Waals surface area contributed by atoms with Gasteiger partial charge in [0.1, 0.15) is 0 Å². The van der Waals surface area contributed by atoms with Gasteiger partial charge in [-0.05, 0) is 12.1 Å². The highest BCUT2D eigenvalue weighted by molar-refractivity contribution is 6.42. The summed E-state index contributed by atoms with van der Waals surface area (Å²) in [6.45, 7) is 0.458. The van der Waals surface area contributed by atoms with Crippen LogP contribution in [0.4, 0.5) is 24.5 Å². The van der Waals surface area contributed by atoms with Crippen LogP contribution in [0, 0.1) is 0 Å². The van der Waals surface area contributed by atoms with Crippen molar-refractivity contribution in [3.8, 4) is 0 Å². The summed E-state index contributed by atoms with van der Waals surface area (Å²) in [7, 11) is 1.79. The van der Waals surface area contributed by atoms with Crippen molar-refractivity contribution in [2.75, 3.05) is 18.5 Å². The fourth-order valence-electron chi connectivity index (χ4n) is 1.92. The topological polar surface area (TPSA) is 15.6 Å². The number of hydrogen-bond acceptors (Lipinski definition) is 2. The second-order valence-electron chi connectivity index (χ2n) is 4.40. The summed E-state index contributed by atoms with van der Waals surface area (Å²) in [5.41, 5.74) is 1.22. The molecule has 0 atom stereocenters. The number of anilines is 1. The van der Waals surface area contributed by atoms with Crippen molar-refractivity contribution in [1.29, 1.82) is 0 Å². The van der Waals surface area contributed by atoms with E-state index in [9.17, 15) is 13.2 Å². The lowest BCUT2D eigenvalue weighted by atomic mass is 10.2. The van der Waals surface area contributed by atoms with E-state index < -0.39 is 12.6 Å². The predicted octanol–water partition coefficient (Wildman–Crippen LogP) is 4.86. The first kappa shape index (κ1) is 14.5. The summed E-state index contributed by atoms with van der Waals surface area (Å²) in [6.07, 6.45) is -4.99. The van der Waals surface area contributed by atoms with Crippen molar-refractivity contribution in [1.82, 2.24) is 0 Å². The first-order chi connectivity index (χ1) is 8.76. The van der Waals surface area contributed by atoms with Gasteiger partial charge in [0.25, 0.3) is 0 Å². The quantitative estimate of drug-likeness (QED) is 0.723. The third-order valence-corrected chi connectivity index (χ3v) is 3.57. The van der Waals surface area contributed by atoms with Gasteiger partial charge in [-0.25, -0.2) is 0 Å². The number of alkyl halides is 3. The lowest BCUT2D eigenvalue weighted by Gasteiger charge is -2.18. The molecule has 1 aliphatic heterocycles. The Bertz CT molecular complexity index is 526. The molecule has 0 aromatic heterocycles. The maximum absolute atomic E-state index is 12.4. The summed E-state index contributed by atoms with van der Waals surface area (Å²) in [6, 6.07) is 3.12. The molecule has 0 aliphatic carbocycles. The molecule has 0 N–H and O–H groups in total. The molecule has 1 aromatic carbocycles. The van der Waals surface area contributed by atoms with Crippen LogP contribution in [0.5, 0.6) is 0 Å². The zero-order chi connectivity index (χ0) is 14.2. The highest BCUT2D eigenvalue weighted by Gasteiger charge is 2.30. The smallest absolute Gasteiger partial charge is 0.372 e. The van der Waals surface area contributed by atoms with Gasteiger partial charge in [-0.1, -0.05) is 23.2 Å². The lowest BCUT2D eigenvalue weighted by molar-refractivity contribution is -0.121. The number of fused-ring (bicyclic) bond motifs is 1. The zero-order valence-electron chi connectivity index (χ0n) is 10.1. The van der Waals surface area contributed by atoms with Crippen LogP contribution < -0.4 is 4.90 Å². The van der Waals surface area contributed by atoms with Gasteiger partial charge in [0.05, 0.1) is 27.8 Å². The van der Waals surface area contributed by atoms with Gasteiger partial charge in [0.15, 0.2) is 0 Å². The van der Waals surface area contributed by atoms with Crippen LogP contribution in [0.15, 0.2) is 17.1 Å². The molecule has 1 aliphatic rings. The van der Waals surface area contributed by atoms with Gasteiger partial charge in [0, 0.05) is 25.7 Å². The maximum atomic E-state index is 12.4. The Morgan fingerprint density at radius 3 is 2.53 bits per heavy atom. The van der Waals surface area contributed by atoms with E-state index in [0.29, 0.717) is 22.9 Å². The molecule has 19 heavy (non-hydrogen) atoms. The van der Waals surface area contributed by atoms with Crippen molar-refractivity contribution < 1.29 is 13.2 Å². The second-order valence-corrected chi connectivity index (χ2v) is 5.21. The zero-order valence-corrected chi connectivity index (χ0v) is 11.6. The molecule has 0 amide bonds. The molecular weight excluding hydrogens is 300 g/mol. The molecule has 0 bridgehead atoms. The Balaban J connectivity index is 2.42. The van der Waals surface area contributed by atoms with E-state index in [2.05, 4.69) is 4.99 Å². The van der Waals surface area contributed by atoms with Crippen LogP contribution in [0.3, 0.4) is 0 Å². The largest absolute Gasteiger partial charge is 0.394 e. The van der Waals surface area contributed by atoms with E-state index in [1.165, 1.54) is 6.07 Å². The Morgan fingerprint density at radius 1 is 1.26 bits per heavy atom. The normalized spacial score (nSPS) is 15.9. The molecule has 0 unspecified atom stereocenters. The highest BCUT2D eigenvalue weighted by Crippen LogP contribution is 2.38. The highest BCUT2D eigenvalue weighted by atomic mass is 35.5.